The van der Waals surface area contributed by atoms with Crippen molar-refractivity contribution in [3.63, 3.8) is 0 Å². The highest BCUT2D eigenvalue weighted by Crippen LogP contribution is 2.29. The largest absolute Gasteiger partial charge is 0.486 e. The number of hydrogen-bond donors (Lipinski definition) is 0. The van der Waals surface area contributed by atoms with Crippen LogP contribution >= 0.6 is 0 Å². The Morgan fingerprint density at radius 1 is 0.929 bits per heavy atom. The molecule has 0 amide bonds. The predicted octanol–water partition coefficient (Wildman–Crippen LogP) is 3.66. The number of rotatable bonds is 4. The molecule has 0 radical (unpaired) electrons. The van der Waals surface area contributed by atoms with Crippen LogP contribution in [0.2, 0.25) is 0 Å². The monoisotopic (exact) mass is 370 g/mol. The molecule has 0 atom stereocenters. The van der Waals surface area contributed by atoms with Gasteiger partial charge in [0.05, 0.1) is 5.39 Å². The Hall–Kier alpha value is -3.74. The summed E-state index contributed by atoms with van der Waals surface area (Å²) in [6.07, 6.45) is 3.47. The molecule has 0 aliphatic rings. The van der Waals surface area contributed by atoms with Gasteiger partial charge in [0.15, 0.2) is 17.1 Å². The molecular weight excluding hydrogens is 352 g/mol. The summed E-state index contributed by atoms with van der Waals surface area (Å²) >= 11 is 0. The SMILES string of the molecule is Cc1c(C)n(-c2ccccn2)c2ncn3nc(COc4ccccc4)nc3c12. The molecule has 0 bridgehead atoms. The normalized spacial score (nSPS) is 11.4. The Morgan fingerprint density at radius 3 is 2.54 bits per heavy atom. The van der Waals surface area contributed by atoms with Gasteiger partial charge >= 0.3 is 0 Å². The summed E-state index contributed by atoms with van der Waals surface area (Å²) in [6, 6.07) is 15.5. The molecule has 0 aliphatic carbocycles. The Labute approximate surface area is 161 Å². The van der Waals surface area contributed by atoms with E-state index in [1.54, 1.807) is 17.0 Å². The number of para-hydroxylation sites is 1. The number of fused-ring (bicyclic) bond motifs is 3. The van der Waals surface area contributed by atoms with Crippen molar-refractivity contribution in [2.45, 2.75) is 20.5 Å². The average Bonchev–Trinajstić information content (AvgIpc) is 3.26. The summed E-state index contributed by atoms with van der Waals surface area (Å²) in [4.78, 5) is 13.8. The third-order valence-corrected chi connectivity index (χ3v) is 4.87. The van der Waals surface area contributed by atoms with E-state index in [1.807, 2.05) is 48.5 Å². The van der Waals surface area contributed by atoms with Crippen molar-refractivity contribution in [2.75, 3.05) is 0 Å². The molecule has 4 heterocycles. The van der Waals surface area contributed by atoms with E-state index in [9.17, 15) is 0 Å². The van der Waals surface area contributed by atoms with Crippen molar-refractivity contribution in [3.8, 4) is 11.6 Å². The van der Waals surface area contributed by atoms with Gasteiger partial charge in [0.25, 0.3) is 0 Å². The third-order valence-electron chi connectivity index (χ3n) is 4.87. The van der Waals surface area contributed by atoms with Gasteiger partial charge in [-0.1, -0.05) is 24.3 Å². The number of ether oxygens (including phenoxy) is 1. The minimum Gasteiger partial charge on any atom is -0.486 e. The van der Waals surface area contributed by atoms with Crippen molar-refractivity contribution in [2.24, 2.45) is 0 Å². The first-order chi connectivity index (χ1) is 13.7. The minimum absolute atomic E-state index is 0.298. The standard InChI is InChI=1S/C21H18N6O/c1-14-15(2)27(18-10-6-7-11-22-18)20-19(14)21-24-17(25-26(21)13-23-20)12-28-16-8-4-3-5-9-16/h3-11,13H,12H2,1-2H3. The van der Waals surface area contributed by atoms with Gasteiger partial charge in [-0.15, -0.1) is 5.10 Å². The fourth-order valence-electron chi connectivity index (χ4n) is 3.40. The quantitative estimate of drug-likeness (QED) is 0.483. The minimum atomic E-state index is 0.298. The van der Waals surface area contributed by atoms with E-state index in [0.717, 1.165) is 39.5 Å². The highest BCUT2D eigenvalue weighted by atomic mass is 16.5. The number of benzene rings is 1. The first-order valence-electron chi connectivity index (χ1n) is 9.03. The lowest BCUT2D eigenvalue weighted by molar-refractivity contribution is 0.296. The van der Waals surface area contributed by atoms with Crippen molar-refractivity contribution in [3.05, 3.63) is 78.1 Å². The molecule has 0 saturated heterocycles. The molecule has 1 aromatic carbocycles. The van der Waals surface area contributed by atoms with Crippen molar-refractivity contribution in [1.82, 2.24) is 29.1 Å². The van der Waals surface area contributed by atoms with Crippen molar-refractivity contribution < 1.29 is 4.74 Å². The molecule has 138 valence electrons. The van der Waals surface area contributed by atoms with Crippen LogP contribution in [0.5, 0.6) is 5.75 Å². The molecule has 7 heteroatoms. The maximum absolute atomic E-state index is 5.79. The van der Waals surface area contributed by atoms with Crippen LogP contribution in [0.1, 0.15) is 17.1 Å². The van der Waals surface area contributed by atoms with Crippen LogP contribution in [0.25, 0.3) is 22.5 Å². The van der Waals surface area contributed by atoms with E-state index >= 15 is 0 Å². The summed E-state index contributed by atoms with van der Waals surface area (Å²) in [5, 5.41) is 5.50. The molecule has 5 aromatic rings. The van der Waals surface area contributed by atoms with Crippen LogP contribution in [0.3, 0.4) is 0 Å². The highest BCUT2D eigenvalue weighted by Gasteiger charge is 2.19. The lowest BCUT2D eigenvalue weighted by atomic mass is 10.2. The van der Waals surface area contributed by atoms with Gasteiger partial charge < -0.3 is 4.74 Å². The first kappa shape index (κ1) is 16.4. The summed E-state index contributed by atoms with van der Waals surface area (Å²) < 4.78 is 9.55. The summed E-state index contributed by atoms with van der Waals surface area (Å²) in [7, 11) is 0. The molecule has 5 rings (SSSR count). The van der Waals surface area contributed by atoms with E-state index < -0.39 is 0 Å². The van der Waals surface area contributed by atoms with E-state index in [4.69, 9.17) is 9.72 Å². The number of hydrogen-bond acceptors (Lipinski definition) is 5. The van der Waals surface area contributed by atoms with E-state index in [0.29, 0.717) is 12.4 Å². The summed E-state index contributed by atoms with van der Waals surface area (Å²) in [5.41, 5.74) is 3.79. The molecule has 4 aromatic heterocycles. The van der Waals surface area contributed by atoms with Gasteiger partial charge in [-0.25, -0.2) is 19.5 Å². The Kier molecular flexibility index (Phi) is 3.79. The van der Waals surface area contributed by atoms with Gasteiger partial charge in [0.2, 0.25) is 0 Å². The van der Waals surface area contributed by atoms with Crippen LogP contribution in [-0.2, 0) is 6.61 Å². The third kappa shape index (κ3) is 2.60. The highest BCUT2D eigenvalue weighted by molar-refractivity contribution is 5.94. The maximum atomic E-state index is 5.79. The zero-order valence-electron chi connectivity index (χ0n) is 15.6. The van der Waals surface area contributed by atoms with Crippen LogP contribution in [0, 0.1) is 13.8 Å². The number of pyridine rings is 1. The Balaban J connectivity index is 1.61. The maximum Gasteiger partial charge on any atom is 0.189 e. The zero-order chi connectivity index (χ0) is 19.1. The number of aromatic nitrogens is 6. The van der Waals surface area contributed by atoms with Gasteiger partial charge in [0.1, 0.15) is 24.5 Å². The molecule has 28 heavy (non-hydrogen) atoms. The van der Waals surface area contributed by atoms with E-state index in [1.165, 1.54) is 0 Å². The fraction of sp³-hybridized carbons (Fsp3) is 0.143. The molecule has 7 nitrogen and oxygen atoms in total. The van der Waals surface area contributed by atoms with Gasteiger partial charge in [0, 0.05) is 11.9 Å². The van der Waals surface area contributed by atoms with Crippen LogP contribution in [0.4, 0.5) is 0 Å². The van der Waals surface area contributed by atoms with Crippen LogP contribution in [0.15, 0.2) is 61.1 Å². The molecule has 0 N–H and O–H groups in total. The molecule has 0 aliphatic heterocycles. The van der Waals surface area contributed by atoms with Gasteiger partial charge in [-0.05, 0) is 43.7 Å². The van der Waals surface area contributed by atoms with E-state index in [-0.39, 0.29) is 0 Å². The van der Waals surface area contributed by atoms with Crippen molar-refractivity contribution >= 4 is 16.7 Å². The molecule has 0 unspecified atom stereocenters. The van der Waals surface area contributed by atoms with Gasteiger partial charge in [-0.2, -0.15) is 0 Å². The topological polar surface area (TPSA) is 70.1 Å². The molecule has 0 fully saturated rings. The number of nitrogens with zero attached hydrogens (tertiary/aromatic N) is 6. The first-order valence-corrected chi connectivity index (χ1v) is 9.03. The summed E-state index contributed by atoms with van der Waals surface area (Å²) in [6.45, 7) is 4.44. The van der Waals surface area contributed by atoms with E-state index in [2.05, 4.69) is 33.5 Å². The Bertz CT molecular complexity index is 1270. The second-order valence-electron chi connectivity index (χ2n) is 6.57. The smallest absolute Gasteiger partial charge is 0.189 e. The lowest BCUT2D eigenvalue weighted by Crippen LogP contribution is -2.01. The molecule has 0 spiro atoms. The van der Waals surface area contributed by atoms with Crippen LogP contribution in [-0.4, -0.2) is 29.1 Å². The predicted molar refractivity (Wildman–Crippen MR) is 106 cm³/mol. The zero-order valence-corrected chi connectivity index (χ0v) is 15.6. The second kappa shape index (κ2) is 6.45. The van der Waals surface area contributed by atoms with Crippen LogP contribution < -0.4 is 4.74 Å². The fourth-order valence-corrected chi connectivity index (χ4v) is 3.40. The summed E-state index contributed by atoms with van der Waals surface area (Å²) in [5.74, 6) is 2.24. The molecule has 0 saturated carbocycles. The lowest BCUT2D eigenvalue weighted by Gasteiger charge is -2.05. The second-order valence-corrected chi connectivity index (χ2v) is 6.57. The average molecular weight is 370 g/mol. The molecular formula is C21H18N6O. The van der Waals surface area contributed by atoms with Gasteiger partial charge in [-0.3, -0.25) is 4.57 Å². The van der Waals surface area contributed by atoms with Crippen molar-refractivity contribution in [1.29, 1.82) is 0 Å². The number of aryl methyl sites for hydroxylation is 1. The Morgan fingerprint density at radius 2 is 1.75 bits per heavy atom.